The van der Waals surface area contributed by atoms with Crippen molar-refractivity contribution in [3.8, 4) is 0 Å². The van der Waals surface area contributed by atoms with Crippen LogP contribution in [0.25, 0.3) is 0 Å². The monoisotopic (exact) mass is 276 g/mol. The first-order valence-corrected chi connectivity index (χ1v) is 7.14. The Labute approximate surface area is 121 Å². The fourth-order valence-electron chi connectivity index (χ4n) is 2.68. The summed E-state index contributed by atoms with van der Waals surface area (Å²) >= 11 is 0. The molecule has 1 fully saturated rings. The molecule has 4 atom stereocenters. The van der Waals surface area contributed by atoms with E-state index in [2.05, 4.69) is 6.58 Å². The van der Waals surface area contributed by atoms with Crippen molar-refractivity contribution in [2.24, 2.45) is 5.92 Å². The van der Waals surface area contributed by atoms with Crippen LogP contribution in [-0.4, -0.2) is 23.1 Å². The molecule has 0 bridgehead atoms. The van der Waals surface area contributed by atoms with Crippen LogP contribution in [0.15, 0.2) is 43.0 Å². The summed E-state index contributed by atoms with van der Waals surface area (Å²) < 4.78 is 12.1. The number of hydrogen-bond acceptors (Lipinski definition) is 3. The molecule has 3 nitrogen and oxygen atoms in total. The highest BCUT2D eigenvalue weighted by Crippen LogP contribution is 2.42. The smallest absolute Gasteiger partial charge is 0.164 e. The Morgan fingerprint density at radius 1 is 1.30 bits per heavy atom. The van der Waals surface area contributed by atoms with E-state index in [9.17, 15) is 5.11 Å². The molecule has 1 aliphatic rings. The summed E-state index contributed by atoms with van der Waals surface area (Å²) in [4.78, 5) is 0. The van der Waals surface area contributed by atoms with E-state index in [0.717, 1.165) is 5.56 Å². The molecule has 110 valence electrons. The first kappa shape index (κ1) is 15.2. The highest BCUT2D eigenvalue weighted by Gasteiger charge is 2.45. The lowest BCUT2D eigenvalue weighted by Gasteiger charge is -2.27. The predicted octanol–water partition coefficient (Wildman–Crippen LogP) is 3.45. The Balaban J connectivity index is 2.22. The van der Waals surface area contributed by atoms with Crippen LogP contribution in [0.2, 0.25) is 0 Å². The molecule has 0 radical (unpaired) electrons. The number of benzene rings is 1. The fraction of sp³-hybridized carbons (Fsp3) is 0.529. The van der Waals surface area contributed by atoms with Crippen LogP contribution in [0.3, 0.4) is 0 Å². The summed E-state index contributed by atoms with van der Waals surface area (Å²) in [5, 5.41) is 10.2. The van der Waals surface area contributed by atoms with Gasteiger partial charge in [-0.3, -0.25) is 0 Å². The Morgan fingerprint density at radius 2 is 1.95 bits per heavy atom. The maximum atomic E-state index is 10.2. The Hall–Kier alpha value is -1.16. The molecule has 2 rings (SSSR count). The van der Waals surface area contributed by atoms with E-state index in [0.29, 0.717) is 6.42 Å². The van der Waals surface area contributed by atoms with Gasteiger partial charge < -0.3 is 14.6 Å². The fourth-order valence-corrected chi connectivity index (χ4v) is 2.68. The summed E-state index contributed by atoms with van der Waals surface area (Å²) in [6, 6.07) is 10.0. The third kappa shape index (κ3) is 3.29. The molecule has 1 saturated heterocycles. The molecule has 1 N–H and O–H groups in total. The molecule has 1 heterocycles. The van der Waals surface area contributed by atoms with Crippen LogP contribution in [0, 0.1) is 5.92 Å². The lowest BCUT2D eigenvalue weighted by molar-refractivity contribution is -0.153. The van der Waals surface area contributed by atoms with Crippen LogP contribution in [0.1, 0.15) is 38.9 Å². The lowest BCUT2D eigenvalue weighted by atomic mass is 9.89. The predicted molar refractivity (Wildman–Crippen MR) is 79.2 cm³/mol. The molecule has 1 aromatic carbocycles. The van der Waals surface area contributed by atoms with E-state index in [1.54, 1.807) is 6.08 Å². The second-order valence-corrected chi connectivity index (χ2v) is 5.88. The molecule has 1 aliphatic heterocycles. The maximum absolute atomic E-state index is 10.2. The van der Waals surface area contributed by atoms with E-state index >= 15 is 0 Å². The Kier molecular flexibility index (Phi) is 4.63. The van der Waals surface area contributed by atoms with Gasteiger partial charge in [0.1, 0.15) is 6.10 Å². The van der Waals surface area contributed by atoms with Gasteiger partial charge in [-0.05, 0) is 25.8 Å². The average molecular weight is 276 g/mol. The number of ether oxygens (including phenoxy) is 2. The van der Waals surface area contributed by atoms with Crippen molar-refractivity contribution in [3.63, 3.8) is 0 Å². The zero-order chi connectivity index (χ0) is 14.8. The van der Waals surface area contributed by atoms with Gasteiger partial charge in [-0.15, -0.1) is 6.58 Å². The summed E-state index contributed by atoms with van der Waals surface area (Å²) in [6.07, 6.45) is 1.51. The molecule has 0 amide bonds. The molecule has 0 spiro atoms. The van der Waals surface area contributed by atoms with Crippen molar-refractivity contribution in [3.05, 3.63) is 48.6 Å². The molecule has 0 saturated carbocycles. The van der Waals surface area contributed by atoms with Gasteiger partial charge in [0.25, 0.3) is 0 Å². The highest BCUT2D eigenvalue weighted by atomic mass is 16.8. The second kappa shape index (κ2) is 6.08. The van der Waals surface area contributed by atoms with Gasteiger partial charge in [0.05, 0.1) is 12.2 Å². The van der Waals surface area contributed by atoms with Gasteiger partial charge in [0.15, 0.2) is 5.79 Å². The zero-order valence-corrected chi connectivity index (χ0v) is 12.5. The third-order valence-corrected chi connectivity index (χ3v) is 3.79. The molecular formula is C17H24O3. The molecule has 3 heteroatoms. The Morgan fingerprint density at radius 3 is 2.55 bits per heavy atom. The number of aliphatic hydroxyl groups is 1. The van der Waals surface area contributed by atoms with Gasteiger partial charge in [0.2, 0.25) is 0 Å². The lowest BCUT2D eigenvalue weighted by Crippen LogP contribution is -2.33. The van der Waals surface area contributed by atoms with E-state index in [4.69, 9.17) is 9.47 Å². The van der Waals surface area contributed by atoms with Crippen molar-refractivity contribution in [2.45, 2.75) is 51.3 Å². The molecular weight excluding hydrogens is 252 g/mol. The van der Waals surface area contributed by atoms with E-state index in [-0.39, 0.29) is 18.1 Å². The van der Waals surface area contributed by atoms with Crippen molar-refractivity contribution < 1.29 is 14.6 Å². The van der Waals surface area contributed by atoms with E-state index in [1.165, 1.54) is 0 Å². The van der Waals surface area contributed by atoms with Gasteiger partial charge >= 0.3 is 0 Å². The molecule has 0 aromatic heterocycles. The van der Waals surface area contributed by atoms with Gasteiger partial charge in [0, 0.05) is 5.92 Å². The quantitative estimate of drug-likeness (QED) is 0.837. The van der Waals surface area contributed by atoms with E-state index < -0.39 is 11.9 Å². The highest BCUT2D eigenvalue weighted by molar-refractivity contribution is 5.20. The topological polar surface area (TPSA) is 38.7 Å². The number of hydrogen-bond donors (Lipinski definition) is 1. The summed E-state index contributed by atoms with van der Waals surface area (Å²) in [5.74, 6) is -0.659. The molecule has 2 unspecified atom stereocenters. The van der Waals surface area contributed by atoms with Crippen molar-refractivity contribution in [2.75, 3.05) is 0 Å². The van der Waals surface area contributed by atoms with Crippen LogP contribution in [0.5, 0.6) is 0 Å². The SMILES string of the molecule is C=CCC(O)C(C)[C@H]1OC(C)(C)O[C@@H]1c1ccccc1. The minimum absolute atomic E-state index is 0.0278. The van der Waals surface area contributed by atoms with E-state index in [1.807, 2.05) is 51.1 Å². The minimum Gasteiger partial charge on any atom is -0.392 e. The maximum Gasteiger partial charge on any atom is 0.164 e. The average Bonchev–Trinajstić information content (AvgIpc) is 2.75. The van der Waals surface area contributed by atoms with Crippen LogP contribution < -0.4 is 0 Å². The van der Waals surface area contributed by atoms with Gasteiger partial charge in [-0.25, -0.2) is 0 Å². The third-order valence-electron chi connectivity index (χ3n) is 3.79. The second-order valence-electron chi connectivity index (χ2n) is 5.88. The number of aliphatic hydroxyl groups excluding tert-OH is 1. The standard InChI is InChI=1S/C17H24O3/c1-5-9-14(18)12(2)15-16(20-17(3,4)19-15)13-10-7-6-8-11-13/h5-8,10-12,14-16,18H,1,9H2,2-4H3/t12?,14?,15-,16-/m1/s1. The van der Waals surface area contributed by atoms with Gasteiger partial charge in [-0.1, -0.05) is 43.3 Å². The first-order valence-electron chi connectivity index (χ1n) is 7.14. The van der Waals surface area contributed by atoms with Crippen LogP contribution in [-0.2, 0) is 9.47 Å². The van der Waals surface area contributed by atoms with Gasteiger partial charge in [-0.2, -0.15) is 0 Å². The first-order chi connectivity index (χ1) is 9.44. The van der Waals surface area contributed by atoms with Crippen LogP contribution >= 0.6 is 0 Å². The zero-order valence-electron chi connectivity index (χ0n) is 12.5. The Bertz CT molecular complexity index is 441. The molecule has 20 heavy (non-hydrogen) atoms. The molecule has 0 aliphatic carbocycles. The van der Waals surface area contributed by atoms with Crippen molar-refractivity contribution >= 4 is 0 Å². The summed E-state index contributed by atoms with van der Waals surface area (Å²) in [7, 11) is 0. The normalized spacial score (nSPS) is 28.0. The molecule has 1 aromatic rings. The van der Waals surface area contributed by atoms with Crippen LogP contribution in [0.4, 0.5) is 0 Å². The summed E-state index contributed by atoms with van der Waals surface area (Å²) in [5.41, 5.74) is 1.08. The summed E-state index contributed by atoms with van der Waals surface area (Å²) in [6.45, 7) is 9.51. The minimum atomic E-state index is -0.632. The number of rotatable bonds is 5. The van der Waals surface area contributed by atoms with Crippen molar-refractivity contribution in [1.82, 2.24) is 0 Å². The largest absolute Gasteiger partial charge is 0.392 e. The van der Waals surface area contributed by atoms with Crippen molar-refractivity contribution in [1.29, 1.82) is 0 Å².